The van der Waals surface area contributed by atoms with Gasteiger partial charge in [0.05, 0.1) is 11.8 Å². The number of amides is 2. The van der Waals surface area contributed by atoms with Crippen LogP contribution in [-0.4, -0.2) is 29.9 Å². The maximum Gasteiger partial charge on any atom is 0.251 e. The molecule has 0 radical (unpaired) electrons. The quantitative estimate of drug-likeness (QED) is 0.659. The Morgan fingerprint density at radius 3 is 2.46 bits per heavy atom. The summed E-state index contributed by atoms with van der Waals surface area (Å²) in [4.78, 5) is 29.8. The number of aromatic nitrogens is 1. The molecule has 3 aromatic rings. The van der Waals surface area contributed by atoms with Crippen molar-refractivity contribution in [3.63, 3.8) is 0 Å². The lowest BCUT2D eigenvalue weighted by atomic mass is 10.0. The van der Waals surface area contributed by atoms with E-state index in [1.807, 2.05) is 51.1 Å². The van der Waals surface area contributed by atoms with Crippen molar-refractivity contribution < 1.29 is 14.3 Å². The lowest BCUT2D eigenvalue weighted by molar-refractivity contribution is -0.118. The molecule has 6 nitrogen and oxygen atoms in total. The van der Waals surface area contributed by atoms with Crippen LogP contribution in [0.1, 0.15) is 29.8 Å². The number of carbonyl (C=O) groups excluding carboxylic acids is 2. The van der Waals surface area contributed by atoms with Gasteiger partial charge in [0, 0.05) is 5.56 Å². The molecule has 0 aliphatic rings. The van der Waals surface area contributed by atoms with Crippen LogP contribution in [0, 0.1) is 12.8 Å². The van der Waals surface area contributed by atoms with Crippen molar-refractivity contribution in [3.8, 4) is 5.75 Å². The smallest absolute Gasteiger partial charge is 0.251 e. The van der Waals surface area contributed by atoms with Gasteiger partial charge in [0.1, 0.15) is 17.3 Å². The molecule has 7 heteroatoms. The number of methoxy groups -OCH3 is 1. The second-order valence-electron chi connectivity index (χ2n) is 6.88. The number of nitrogens with one attached hydrogen (secondary N) is 2. The van der Waals surface area contributed by atoms with Crippen molar-refractivity contribution in [3.05, 3.63) is 53.6 Å². The number of rotatable bonds is 6. The van der Waals surface area contributed by atoms with Gasteiger partial charge in [-0.3, -0.25) is 9.59 Å². The number of fused-ring (bicyclic) bond motifs is 1. The van der Waals surface area contributed by atoms with Gasteiger partial charge in [0.15, 0.2) is 5.13 Å². The zero-order chi connectivity index (χ0) is 20.3. The maximum absolute atomic E-state index is 12.8. The largest absolute Gasteiger partial charge is 0.494 e. The number of thiazole rings is 1. The van der Waals surface area contributed by atoms with Crippen LogP contribution >= 0.6 is 11.3 Å². The zero-order valence-electron chi connectivity index (χ0n) is 16.3. The molecule has 0 aliphatic heterocycles. The molecule has 2 aromatic carbocycles. The highest BCUT2D eigenvalue weighted by Crippen LogP contribution is 2.32. The standard InChI is InChI=1S/C21H23N3O3S/c1-12(2)17(22-19(25)14-10-8-13(3)9-11-14)20(26)24-21-23-18-15(27-4)6-5-7-16(18)28-21/h5-12,17H,1-4H3,(H,22,25)(H,23,24,26). The van der Waals surface area contributed by atoms with Crippen molar-refractivity contribution in [1.29, 1.82) is 0 Å². The Hall–Kier alpha value is -2.93. The minimum Gasteiger partial charge on any atom is -0.494 e. The summed E-state index contributed by atoms with van der Waals surface area (Å²) in [6, 6.07) is 12.2. The fraction of sp³-hybridized carbons (Fsp3) is 0.286. The van der Waals surface area contributed by atoms with Crippen molar-refractivity contribution in [2.75, 3.05) is 12.4 Å². The number of aryl methyl sites for hydroxylation is 1. The molecule has 1 aromatic heterocycles. The van der Waals surface area contributed by atoms with Crippen LogP contribution in [0.2, 0.25) is 0 Å². The summed E-state index contributed by atoms with van der Waals surface area (Å²) in [5.41, 5.74) is 2.30. The molecule has 0 saturated heterocycles. The minimum absolute atomic E-state index is 0.0849. The summed E-state index contributed by atoms with van der Waals surface area (Å²) in [6.45, 7) is 5.74. The highest BCUT2D eigenvalue weighted by atomic mass is 32.1. The van der Waals surface area contributed by atoms with Gasteiger partial charge in [-0.15, -0.1) is 0 Å². The predicted molar refractivity (Wildman–Crippen MR) is 112 cm³/mol. The number of hydrogen-bond acceptors (Lipinski definition) is 5. The van der Waals surface area contributed by atoms with E-state index >= 15 is 0 Å². The van der Waals surface area contributed by atoms with E-state index in [-0.39, 0.29) is 17.7 Å². The van der Waals surface area contributed by atoms with Crippen molar-refractivity contribution in [2.24, 2.45) is 5.92 Å². The van der Waals surface area contributed by atoms with Crippen LogP contribution in [0.3, 0.4) is 0 Å². The fourth-order valence-corrected chi connectivity index (χ4v) is 3.68. The topological polar surface area (TPSA) is 80.3 Å². The molecule has 28 heavy (non-hydrogen) atoms. The number of hydrogen-bond donors (Lipinski definition) is 2. The van der Waals surface area contributed by atoms with Crippen LogP contribution in [0.15, 0.2) is 42.5 Å². The molecule has 3 rings (SSSR count). The summed E-state index contributed by atoms with van der Waals surface area (Å²) >= 11 is 1.37. The lowest BCUT2D eigenvalue weighted by Crippen LogP contribution is -2.47. The van der Waals surface area contributed by atoms with E-state index in [2.05, 4.69) is 15.6 Å². The Bertz CT molecular complexity index is 996. The lowest BCUT2D eigenvalue weighted by Gasteiger charge is -2.21. The Morgan fingerprint density at radius 1 is 1.11 bits per heavy atom. The highest BCUT2D eigenvalue weighted by Gasteiger charge is 2.25. The molecular weight excluding hydrogens is 374 g/mol. The van der Waals surface area contributed by atoms with Crippen LogP contribution in [0.5, 0.6) is 5.75 Å². The Balaban J connectivity index is 1.76. The van der Waals surface area contributed by atoms with Crippen molar-refractivity contribution in [2.45, 2.75) is 26.8 Å². The SMILES string of the molecule is COc1cccc2sc(NC(=O)C(NC(=O)c3ccc(C)cc3)C(C)C)nc12. The van der Waals surface area contributed by atoms with Gasteiger partial charge in [-0.2, -0.15) is 0 Å². The number of nitrogens with zero attached hydrogens (tertiary/aromatic N) is 1. The molecular formula is C21H23N3O3S. The molecule has 1 heterocycles. The van der Waals surface area contributed by atoms with E-state index in [9.17, 15) is 9.59 Å². The molecule has 2 N–H and O–H groups in total. The first-order chi connectivity index (χ1) is 13.4. The molecule has 2 amide bonds. The summed E-state index contributed by atoms with van der Waals surface area (Å²) in [5, 5.41) is 6.13. The van der Waals surface area contributed by atoms with E-state index in [0.717, 1.165) is 10.3 Å². The van der Waals surface area contributed by atoms with Gasteiger partial charge in [-0.1, -0.05) is 48.9 Å². The van der Waals surface area contributed by atoms with Gasteiger partial charge in [0.2, 0.25) is 5.91 Å². The molecule has 146 valence electrons. The third-order valence-electron chi connectivity index (χ3n) is 4.38. The van der Waals surface area contributed by atoms with Gasteiger partial charge in [-0.25, -0.2) is 4.98 Å². The molecule has 0 spiro atoms. The number of carbonyl (C=O) groups is 2. The van der Waals surface area contributed by atoms with E-state index in [1.165, 1.54) is 11.3 Å². The zero-order valence-corrected chi connectivity index (χ0v) is 17.1. The second-order valence-corrected chi connectivity index (χ2v) is 7.91. The number of ether oxygens (including phenoxy) is 1. The predicted octanol–water partition coefficient (Wildman–Crippen LogP) is 4.01. The molecule has 0 fully saturated rings. The van der Waals surface area contributed by atoms with Gasteiger partial charge >= 0.3 is 0 Å². The first-order valence-corrected chi connectivity index (χ1v) is 9.82. The van der Waals surface area contributed by atoms with Crippen LogP contribution in [-0.2, 0) is 4.79 Å². The molecule has 0 saturated carbocycles. The first kappa shape index (κ1) is 19.8. The molecule has 1 unspecified atom stereocenters. The molecule has 1 atom stereocenters. The molecule has 0 bridgehead atoms. The van der Waals surface area contributed by atoms with Crippen LogP contribution < -0.4 is 15.4 Å². The number of para-hydroxylation sites is 1. The van der Waals surface area contributed by atoms with Crippen LogP contribution in [0.25, 0.3) is 10.2 Å². The number of benzene rings is 2. The maximum atomic E-state index is 12.8. The van der Waals surface area contributed by atoms with Gasteiger partial charge in [0.25, 0.3) is 5.91 Å². The van der Waals surface area contributed by atoms with E-state index in [0.29, 0.717) is 22.0 Å². The number of anilines is 1. The highest BCUT2D eigenvalue weighted by molar-refractivity contribution is 7.22. The van der Waals surface area contributed by atoms with E-state index < -0.39 is 6.04 Å². The summed E-state index contributed by atoms with van der Waals surface area (Å²) in [5.74, 6) is -0.00560. The fourth-order valence-electron chi connectivity index (χ4n) is 2.79. The normalized spacial score (nSPS) is 12.0. The summed E-state index contributed by atoms with van der Waals surface area (Å²) in [6.07, 6.45) is 0. The van der Waals surface area contributed by atoms with E-state index in [1.54, 1.807) is 19.2 Å². The Kier molecular flexibility index (Phi) is 5.94. The van der Waals surface area contributed by atoms with Crippen molar-refractivity contribution >= 4 is 38.5 Å². The third kappa shape index (κ3) is 4.31. The van der Waals surface area contributed by atoms with Gasteiger partial charge < -0.3 is 15.4 Å². The second kappa shape index (κ2) is 8.39. The monoisotopic (exact) mass is 397 g/mol. The Labute approximate surface area is 167 Å². The average molecular weight is 398 g/mol. The van der Waals surface area contributed by atoms with Crippen molar-refractivity contribution in [1.82, 2.24) is 10.3 Å². The molecule has 0 aliphatic carbocycles. The van der Waals surface area contributed by atoms with Crippen LogP contribution in [0.4, 0.5) is 5.13 Å². The third-order valence-corrected chi connectivity index (χ3v) is 5.32. The average Bonchev–Trinajstić information content (AvgIpc) is 3.08. The Morgan fingerprint density at radius 2 is 1.82 bits per heavy atom. The minimum atomic E-state index is -0.678. The van der Waals surface area contributed by atoms with Gasteiger partial charge in [-0.05, 0) is 37.1 Å². The first-order valence-electron chi connectivity index (χ1n) is 9.01. The van der Waals surface area contributed by atoms with E-state index in [4.69, 9.17) is 4.74 Å². The summed E-state index contributed by atoms with van der Waals surface area (Å²) in [7, 11) is 1.59. The summed E-state index contributed by atoms with van der Waals surface area (Å²) < 4.78 is 6.23.